The number of fused-ring (bicyclic) bond motifs is 1. The van der Waals surface area contributed by atoms with Crippen molar-refractivity contribution in [3.8, 4) is 6.07 Å². The summed E-state index contributed by atoms with van der Waals surface area (Å²) in [6.45, 7) is 1.74. The van der Waals surface area contributed by atoms with Gasteiger partial charge in [0, 0.05) is 11.4 Å². The molecule has 1 aromatic heterocycles. The van der Waals surface area contributed by atoms with Gasteiger partial charge in [-0.25, -0.2) is 9.37 Å². The van der Waals surface area contributed by atoms with E-state index in [1.807, 2.05) is 6.07 Å². The Labute approximate surface area is 160 Å². The van der Waals surface area contributed by atoms with Gasteiger partial charge in [-0.05, 0) is 62.4 Å². The van der Waals surface area contributed by atoms with Crippen LogP contribution in [0.25, 0.3) is 0 Å². The summed E-state index contributed by atoms with van der Waals surface area (Å²) < 4.78 is 13.2. The van der Waals surface area contributed by atoms with Crippen molar-refractivity contribution in [2.24, 2.45) is 0 Å². The predicted molar refractivity (Wildman–Crippen MR) is 101 cm³/mol. The van der Waals surface area contributed by atoms with Crippen molar-refractivity contribution < 1.29 is 9.18 Å². The molecule has 26 heavy (non-hydrogen) atoms. The maximum Gasteiger partial charge on any atom is 0.237 e. The Bertz CT molecular complexity index is 897. The van der Waals surface area contributed by atoms with Gasteiger partial charge in [-0.2, -0.15) is 5.26 Å². The number of nitriles is 1. The molecule has 1 N–H and O–H groups in total. The van der Waals surface area contributed by atoms with Crippen molar-refractivity contribution in [2.75, 3.05) is 5.32 Å². The summed E-state index contributed by atoms with van der Waals surface area (Å²) in [4.78, 5) is 17.1. The number of hydrogen-bond donors (Lipinski definition) is 1. The molecular formula is C19H17ClFN3OS. The number of hydrogen-bond acceptors (Lipinski definition) is 4. The zero-order valence-electron chi connectivity index (χ0n) is 14.2. The molecule has 1 amide bonds. The lowest BCUT2D eigenvalue weighted by Gasteiger charge is -2.18. The van der Waals surface area contributed by atoms with Crippen molar-refractivity contribution in [1.29, 1.82) is 5.26 Å². The number of pyridine rings is 1. The van der Waals surface area contributed by atoms with Crippen LogP contribution in [-0.4, -0.2) is 16.1 Å². The van der Waals surface area contributed by atoms with Gasteiger partial charge in [0.15, 0.2) is 0 Å². The molecule has 0 saturated carbocycles. The minimum Gasteiger partial charge on any atom is -0.325 e. The zero-order valence-corrected chi connectivity index (χ0v) is 15.8. The molecule has 0 radical (unpaired) electrons. The summed E-state index contributed by atoms with van der Waals surface area (Å²) in [7, 11) is 0. The number of thioether (sulfide) groups is 1. The van der Waals surface area contributed by atoms with Gasteiger partial charge < -0.3 is 5.32 Å². The molecule has 1 heterocycles. The minimum atomic E-state index is -0.538. The Balaban J connectivity index is 1.74. The SMILES string of the molecule is CC(Sc1nc2c(cc1C#N)CCCC2)C(=O)Nc1ccc(F)c(Cl)c1. The molecular weight excluding hydrogens is 373 g/mol. The van der Waals surface area contributed by atoms with E-state index < -0.39 is 11.1 Å². The first kappa shape index (κ1) is 18.7. The van der Waals surface area contributed by atoms with Crippen molar-refractivity contribution in [3.05, 3.63) is 51.9 Å². The fourth-order valence-electron chi connectivity index (χ4n) is 2.82. The topological polar surface area (TPSA) is 65.8 Å². The molecule has 0 fully saturated rings. The number of carbonyl (C=O) groups is 1. The van der Waals surface area contributed by atoms with Crippen LogP contribution in [0.15, 0.2) is 29.3 Å². The Kier molecular flexibility index (Phi) is 5.80. The van der Waals surface area contributed by atoms with Crippen LogP contribution in [0, 0.1) is 17.1 Å². The maximum atomic E-state index is 13.2. The minimum absolute atomic E-state index is 0.0498. The summed E-state index contributed by atoms with van der Waals surface area (Å²) in [5, 5.41) is 12.2. The van der Waals surface area contributed by atoms with E-state index in [2.05, 4.69) is 16.4 Å². The third-order valence-corrected chi connectivity index (χ3v) is 5.62. The molecule has 7 heteroatoms. The number of nitrogens with zero attached hydrogens (tertiary/aromatic N) is 2. The van der Waals surface area contributed by atoms with Crippen molar-refractivity contribution in [2.45, 2.75) is 42.9 Å². The predicted octanol–water partition coefficient (Wildman–Crippen LogP) is 4.74. The van der Waals surface area contributed by atoms with Gasteiger partial charge >= 0.3 is 0 Å². The molecule has 1 unspecified atom stereocenters. The Morgan fingerprint density at radius 2 is 2.15 bits per heavy atom. The average molecular weight is 390 g/mol. The van der Waals surface area contributed by atoms with Gasteiger partial charge in [-0.15, -0.1) is 0 Å². The van der Waals surface area contributed by atoms with Crippen LogP contribution in [0.1, 0.15) is 36.6 Å². The van der Waals surface area contributed by atoms with Crippen LogP contribution < -0.4 is 5.32 Å². The molecule has 4 nitrogen and oxygen atoms in total. The number of rotatable bonds is 4. The average Bonchev–Trinajstić information content (AvgIpc) is 2.64. The van der Waals surface area contributed by atoms with Gasteiger partial charge in [0.05, 0.1) is 15.8 Å². The second kappa shape index (κ2) is 8.07. The molecule has 0 spiro atoms. The van der Waals surface area contributed by atoms with Gasteiger partial charge in [0.1, 0.15) is 16.9 Å². The largest absolute Gasteiger partial charge is 0.325 e. The second-order valence-corrected chi connectivity index (χ2v) is 7.88. The van der Waals surface area contributed by atoms with E-state index in [-0.39, 0.29) is 10.9 Å². The summed E-state index contributed by atoms with van der Waals surface area (Å²) in [6, 6.07) is 8.10. The lowest BCUT2D eigenvalue weighted by atomic mass is 9.95. The van der Waals surface area contributed by atoms with Crippen molar-refractivity contribution in [1.82, 2.24) is 4.98 Å². The van der Waals surface area contributed by atoms with Gasteiger partial charge in [-0.3, -0.25) is 4.79 Å². The molecule has 0 saturated heterocycles. The number of aromatic nitrogens is 1. The summed E-state index contributed by atoms with van der Waals surface area (Å²) in [6.07, 6.45) is 4.06. The molecule has 1 aromatic carbocycles. The van der Waals surface area contributed by atoms with Crippen LogP contribution in [0.2, 0.25) is 5.02 Å². The third-order valence-electron chi connectivity index (χ3n) is 4.23. The highest BCUT2D eigenvalue weighted by atomic mass is 35.5. The number of aryl methyl sites for hydroxylation is 2. The molecule has 1 aliphatic rings. The molecule has 3 rings (SSSR count). The molecule has 134 valence electrons. The number of nitrogens with one attached hydrogen (secondary N) is 1. The summed E-state index contributed by atoms with van der Waals surface area (Å²) >= 11 is 6.99. The second-order valence-electron chi connectivity index (χ2n) is 6.14. The van der Waals surface area contributed by atoms with E-state index >= 15 is 0 Å². The van der Waals surface area contributed by atoms with Crippen LogP contribution in [-0.2, 0) is 17.6 Å². The standard InChI is InChI=1S/C19H17ClFN3OS/c1-11(18(25)23-14-6-7-16(21)15(20)9-14)26-19-13(10-22)8-12-4-2-3-5-17(12)24-19/h6-9,11H,2-5H2,1H3,(H,23,25). The van der Waals surface area contributed by atoms with Crippen molar-refractivity contribution in [3.63, 3.8) is 0 Å². The lowest BCUT2D eigenvalue weighted by molar-refractivity contribution is -0.115. The monoisotopic (exact) mass is 389 g/mol. The third kappa shape index (κ3) is 4.17. The van der Waals surface area contributed by atoms with E-state index in [9.17, 15) is 14.4 Å². The number of halogens is 2. The lowest BCUT2D eigenvalue weighted by Crippen LogP contribution is -2.23. The fourth-order valence-corrected chi connectivity index (χ4v) is 3.90. The Morgan fingerprint density at radius 3 is 2.88 bits per heavy atom. The van der Waals surface area contributed by atoms with Crippen LogP contribution in [0.4, 0.5) is 10.1 Å². The summed E-state index contributed by atoms with van der Waals surface area (Å²) in [5.74, 6) is -0.801. The molecule has 1 atom stereocenters. The first-order chi connectivity index (χ1) is 12.5. The van der Waals surface area contributed by atoms with E-state index in [1.165, 1.54) is 30.0 Å². The molecule has 0 aliphatic heterocycles. The van der Waals surface area contributed by atoms with Gasteiger partial charge in [0.2, 0.25) is 5.91 Å². The first-order valence-corrected chi connectivity index (χ1v) is 9.59. The smallest absolute Gasteiger partial charge is 0.237 e. The summed E-state index contributed by atoms with van der Waals surface area (Å²) in [5.41, 5.74) is 3.08. The number of benzene rings is 1. The highest BCUT2D eigenvalue weighted by Crippen LogP contribution is 2.30. The van der Waals surface area contributed by atoms with E-state index in [0.717, 1.165) is 36.9 Å². The van der Waals surface area contributed by atoms with Crippen LogP contribution in [0.3, 0.4) is 0 Å². The highest BCUT2D eigenvalue weighted by Gasteiger charge is 2.21. The number of carbonyl (C=O) groups excluding carboxylic acids is 1. The molecule has 1 aliphatic carbocycles. The van der Waals surface area contributed by atoms with E-state index in [4.69, 9.17) is 11.6 Å². The fraction of sp³-hybridized carbons (Fsp3) is 0.316. The number of amides is 1. The van der Waals surface area contributed by atoms with Gasteiger partial charge in [0.25, 0.3) is 0 Å². The molecule has 0 bridgehead atoms. The Hall–Kier alpha value is -2.10. The van der Waals surface area contributed by atoms with Gasteiger partial charge in [-0.1, -0.05) is 23.4 Å². The maximum absolute atomic E-state index is 13.2. The quantitative estimate of drug-likeness (QED) is 0.766. The number of anilines is 1. The Morgan fingerprint density at radius 1 is 1.38 bits per heavy atom. The normalized spacial score (nSPS) is 14.2. The van der Waals surface area contributed by atoms with Crippen molar-refractivity contribution >= 4 is 35.0 Å². The first-order valence-electron chi connectivity index (χ1n) is 8.33. The highest BCUT2D eigenvalue weighted by molar-refractivity contribution is 8.00. The molecule has 2 aromatic rings. The van der Waals surface area contributed by atoms with E-state index in [0.29, 0.717) is 16.3 Å². The van der Waals surface area contributed by atoms with Crippen LogP contribution >= 0.6 is 23.4 Å². The van der Waals surface area contributed by atoms with E-state index in [1.54, 1.807) is 6.92 Å². The van der Waals surface area contributed by atoms with Crippen LogP contribution in [0.5, 0.6) is 0 Å². The zero-order chi connectivity index (χ0) is 18.7.